The SMILES string of the molecule is O=c1cn[nH]n1-c1ccccc1. The average molecular weight is 161 g/mol. The van der Waals surface area contributed by atoms with Gasteiger partial charge in [0.05, 0.1) is 5.69 Å². The maximum Gasteiger partial charge on any atom is 0.291 e. The second-order valence-electron chi connectivity index (χ2n) is 2.37. The quantitative estimate of drug-likeness (QED) is 0.664. The van der Waals surface area contributed by atoms with Crippen LogP contribution in [0.1, 0.15) is 0 Å². The van der Waals surface area contributed by atoms with Gasteiger partial charge in [0.25, 0.3) is 5.56 Å². The van der Waals surface area contributed by atoms with Gasteiger partial charge >= 0.3 is 0 Å². The first-order valence-electron chi connectivity index (χ1n) is 3.56. The van der Waals surface area contributed by atoms with E-state index < -0.39 is 0 Å². The number of aromatic amines is 1. The zero-order chi connectivity index (χ0) is 8.39. The predicted octanol–water partition coefficient (Wildman–Crippen LogP) is 0.561. The molecule has 12 heavy (non-hydrogen) atoms. The van der Waals surface area contributed by atoms with Crippen molar-refractivity contribution in [2.75, 3.05) is 0 Å². The van der Waals surface area contributed by atoms with Crippen LogP contribution >= 0.6 is 0 Å². The van der Waals surface area contributed by atoms with E-state index in [1.807, 2.05) is 30.3 Å². The zero-order valence-electron chi connectivity index (χ0n) is 6.27. The topological polar surface area (TPSA) is 50.7 Å². The second-order valence-corrected chi connectivity index (χ2v) is 2.37. The van der Waals surface area contributed by atoms with Gasteiger partial charge in [0.2, 0.25) is 0 Å². The van der Waals surface area contributed by atoms with Crippen molar-refractivity contribution in [2.24, 2.45) is 0 Å². The standard InChI is InChI=1S/C8H7N3O/c12-8-6-9-10-11(8)7-4-2-1-3-5-7/h1-6,10H. The number of para-hydroxylation sites is 1. The highest BCUT2D eigenvalue weighted by atomic mass is 16.1. The van der Waals surface area contributed by atoms with Crippen LogP contribution in [-0.2, 0) is 0 Å². The summed E-state index contributed by atoms with van der Waals surface area (Å²) in [5, 5.41) is 6.20. The summed E-state index contributed by atoms with van der Waals surface area (Å²) in [6.07, 6.45) is 1.24. The van der Waals surface area contributed by atoms with Crippen LogP contribution in [0.2, 0.25) is 0 Å². The van der Waals surface area contributed by atoms with Gasteiger partial charge in [-0.25, -0.2) is 9.90 Å². The highest BCUT2D eigenvalue weighted by Crippen LogP contribution is 1.99. The molecule has 1 aromatic heterocycles. The summed E-state index contributed by atoms with van der Waals surface area (Å²) in [6, 6.07) is 9.29. The van der Waals surface area contributed by atoms with Gasteiger partial charge in [-0.3, -0.25) is 4.79 Å². The van der Waals surface area contributed by atoms with Crippen LogP contribution in [0, 0.1) is 0 Å². The normalized spacial score (nSPS) is 10.0. The molecule has 0 saturated carbocycles. The number of nitrogens with one attached hydrogen (secondary N) is 1. The van der Waals surface area contributed by atoms with Crippen molar-refractivity contribution in [2.45, 2.75) is 0 Å². The molecule has 2 aromatic rings. The Labute approximate surface area is 68.4 Å². The maximum absolute atomic E-state index is 11.1. The molecule has 0 aliphatic rings. The van der Waals surface area contributed by atoms with Crippen molar-refractivity contribution in [1.82, 2.24) is 15.0 Å². The monoisotopic (exact) mass is 161 g/mol. The Hall–Kier alpha value is -1.84. The van der Waals surface area contributed by atoms with Crippen LogP contribution < -0.4 is 5.56 Å². The van der Waals surface area contributed by atoms with Gasteiger partial charge in [-0.2, -0.15) is 5.10 Å². The highest BCUT2D eigenvalue weighted by molar-refractivity contribution is 5.29. The summed E-state index contributed by atoms with van der Waals surface area (Å²) in [7, 11) is 0. The molecule has 4 nitrogen and oxygen atoms in total. The smallest absolute Gasteiger partial charge is 0.266 e. The molecule has 1 N–H and O–H groups in total. The van der Waals surface area contributed by atoms with Crippen LogP contribution in [0.25, 0.3) is 5.69 Å². The Bertz CT molecular complexity index is 415. The van der Waals surface area contributed by atoms with E-state index in [1.54, 1.807) is 0 Å². The molecule has 1 heterocycles. The van der Waals surface area contributed by atoms with Crippen LogP contribution in [-0.4, -0.2) is 15.0 Å². The predicted molar refractivity (Wildman–Crippen MR) is 44.2 cm³/mol. The van der Waals surface area contributed by atoms with Gasteiger partial charge in [0.1, 0.15) is 6.20 Å². The van der Waals surface area contributed by atoms with Crippen LogP contribution in [0.15, 0.2) is 41.3 Å². The fourth-order valence-electron chi connectivity index (χ4n) is 1.01. The molecule has 0 radical (unpaired) electrons. The molecule has 0 bridgehead atoms. The van der Waals surface area contributed by atoms with E-state index in [0.717, 1.165) is 5.69 Å². The lowest BCUT2D eigenvalue weighted by Crippen LogP contribution is -2.12. The summed E-state index contributed by atoms with van der Waals surface area (Å²) in [5.41, 5.74) is 0.640. The van der Waals surface area contributed by atoms with E-state index in [0.29, 0.717) is 0 Å². The molecule has 0 aliphatic carbocycles. The van der Waals surface area contributed by atoms with Gasteiger partial charge in [-0.1, -0.05) is 18.2 Å². The molecule has 0 fully saturated rings. The summed E-state index contributed by atoms with van der Waals surface area (Å²) in [6.45, 7) is 0. The third-order valence-corrected chi connectivity index (χ3v) is 1.57. The van der Waals surface area contributed by atoms with E-state index in [4.69, 9.17) is 0 Å². The van der Waals surface area contributed by atoms with Gasteiger partial charge in [0, 0.05) is 0 Å². The molecule has 2 rings (SSSR count). The van der Waals surface area contributed by atoms with Crippen LogP contribution in [0.4, 0.5) is 0 Å². The molecule has 60 valence electrons. The second kappa shape index (κ2) is 2.65. The minimum absolute atomic E-state index is 0.152. The Morgan fingerprint density at radius 3 is 2.58 bits per heavy atom. The van der Waals surface area contributed by atoms with E-state index in [1.165, 1.54) is 10.9 Å². The Morgan fingerprint density at radius 1 is 1.25 bits per heavy atom. The van der Waals surface area contributed by atoms with Crippen LogP contribution in [0.5, 0.6) is 0 Å². The first kappa shape index (κ1) is 6.84. The number of aromatic nitrogens is 3. The number of benzene rings is 1. The molecule has 0 atom stereocenters. The van der Waals surface area contributed by atoms with Crippen molar-refractivity contribution in [3.8, 4) is 5.69 Å². The number of hydrogen-bond acceptors (Lipinski definition) is 2. The number of H-pyrrole nitrogens is 1. The van der Waals surface area contributed by atoms with Gasteiger partial charge in [0.15, 0.2) is 0 Å². The van der Waals surface area contributed by atoms with E-state index >= 15 is 0 Å². The number of rotatable bonds is 1. The van der Waals surface area contributed by atoms with E-state index in [-0.39, 0.29) is 5.56 Å². The van der Waals surface area contributed by atoms with E-state index in [9.17, 15) is 4.79 Å². The minimum atomic E-state index is -0.152. The maximum atomic E-state index is 11.1. The van der Waals surface area contributed by atoms with Gasteiger partial charge in [-0.15, -0.1) is 0 Å². The third kappa shape index (κ3) is 1.03. The molecule has 4 heteroatoms. The number of hydrogen-bond donors (Lipinski definition) is 1. The van der Waals surface area contributed by atoms with Crippen molar-refractivity contribution in [3.63, 3.8) is 0 Å². The van der Waals surface area contributed by atoms with Gasteiger partial charge < -0.3 is 0 Å². The van der Waals surface area contributed by atoms with Crippen molar-refractivity contribution in [1.29, 1.82) is 0 Å². The fraction of sp³-hybridized carbons (Fsp3) is 0. The molecule has 0 amide bonds. The minimum Gasteiger partial charge on any atom is -0.266 e. The lowest BCUT2D eigenvalue weighted by Gasteiger charge is -1.97. The molecule has 0 spiro atoms. The lowest BCUT2D eigenvalue weighted by atomic mass is 10.3. The van der Waals surface area contributed by atoms with Crippen molar-refractivity contribution < 1.29 is 0 Å². The molecule has 0 aliphatic heterocycles. The zero-order valence-corrected chi connectivity index (χ0v) is 6.27. The summed E-state index contributed by atoms with van der Waals surface area (Å²) in [5.74, 6) is 0. The summed E-state index contributed by atoms with van der Waals surface area (Å²) in [4.78, 5) is 11.1. The molecule has 0 saturated heterocycles. The third-order valence-electron chi connectivity index (χ3n) is 1.57. The Morgan fingerprint density at radius 2 is 2.00 bits per heavy atom. The first-order valence-corrected chi connectivity index (χ1v) is 3.56. The lowest BCUT2D eigenvalue weighted by molar-refractivity contribution is 0.785. The number of nitrogens with zero attached hydrogens (tertiary/aromatic N) is 2. The van der Waals surface area contributed by atoms with Crippen molar-refractivity contribution >= 4 is 0 Å². The van der Waals surface area contributed by atoms with E-state index in [2.05, 4.69) is 10.3 Å². The average Bonchev–Trinajstić information content (AvgIpc) is 2.53. The Balaban J connectivity index is 2.59. The molecular formula is C8H7N3O. The first-order chi connectivity index (χ1) is 5.88. The largest absolute Gasteiger partial charge is 0.291 e. The Kier molecular flexibility index (Phi) is 1.51. The van der Waals surface area contributed by atoms with Crippen LogP contribution in [0.3, 0.4) is 0 Å². The highest BCUT2D eigenvalue weighted by Gasteiger charge is 1.97. The van der Waals surface area contributed by atoms with Gasteiger partial charge in [-0.05, 0) is 12.1 Å². The van der Waals surface area contributed by atoms with Crippen molar-refractivity contribution in [3.05, 3.63) is 46.9 Å². The fourth-order valence-corrected chi connectivity index (χ4v) is 1.01. The summed E-state index contributed by atoms with van der Waals surface area (Å²) >= 11 is 0. The molecular weight excluding hydrogens is 154 g/mol. The molecule has 1 aromatic carbocycles. The summed E-state index contributed by atoms with van der Waals surface area (Å²) < 4.78 is 1.38. The molecule has 0 unspecified atom stereocenters.